The molecule has 0 N–H and O–H groups in total. The Balaban J connectivity index is 1.29. The number of hydrogen-bond acceptors (Lipinski definition) is 5. The lowest BCUT2D eigenvalue weighted by Crippen LogP contribution is -2.44. The zero-order valence-electron chi connectivity index (χ0n) is 17.2. The topological polar surface area (TPSA) is 77.5 Å². The number of Topliss-reactive ketones (excluding diaryl/α,β-unsaturated/α-hetero) is 4. The van der Waals surface area contributed by atoms with Crippen LogP contribution in [0.3, 0.4) is 0 Å². The second-order valence-electron chi connectivity index (χ2n) is 8.90. The maximum Gasteiger partial charge on any atom is 0.233 e. The molecule has 5 nitrogen and oxygen atoms in total. The number of benzene rings is 2. The van der Waals surface area contributed by atoms with Crippen molar-refractivity contribution in [2.45, 2.75) is 38.2 Å². The molecule has 2 aromatic carbocycles. The van der Waals surface area contributed by atoms with Gasteiger partial charge in [-0.05, 0) is 55.9 Å². The molecule has 0 aromatic heterocycles. The molecule has 3 aliphatic rings. The van der Waals surface area contributed by atoms with Crippen molar-refractivity contribution in [2.75, 3.05) is 0 Å². The van der Waals surface area contributed by atoms with E-state index < -0.39 is 11.6 Å². The van der Waals surface area contributed by atoms with Crippen LogP contribution in [0, 0.1) is 23.7 Å². The Hall–Kier alpha value is -3.08. The minimum absolute atomic E-state index is 0.0322. The van der Waals surface area contributed by atoms with Gasteiger partial charge in [-0.15, -0.1) is 0 Å². The fourth-order valence-corrected chi connectivity index (χ4v) is 5.85. The van der Waals surface area contributed by atoms with Gasteiger partial charge in [-0.1, -0.05) is 36.8 Å². The van der Waals surface area contributed by atoms with Crippen molar-refractivity contribution >= 4 is 23.1 Å². The molecule has 5 atom stereocenters. The van der Waals surface area contributed by atoms with Crippen LogP contribution in [0.2, 0.25) is 0 Å². The molecular weight excluding hydrogens is 392 g/mol. The SMILES string of the molecule is O=C(C(=O)c1ccc(OC2CCC3C(=O)C(=O)C4CCCC2C43)cc1)c1ccccc1. The summed E-state index contributed by atoms with van der Waals surface area (Å²) in [4.78, 5) is 49.6. The smallest absolute Gasteiger partial charge is 0.233 e. The monoisotopic (exact) mass is 416 g/mol. The minimum atomic E-state index is -0.545. The third-order valence-corrected chi connectivity index (χ3v) is 7.28. The molecule has 31 heavy (non-hydrogen) atoms. The van der Waals surface area contributed by atoms with Crippen LogP contribution in [0.25, 0.3) is 0 Å². The van der Waals surface area contributed by atoms with Gasteiger partial charge < -0.3 is 4.74 Å². The molecule has 0 aliphatic heterocycles. The highest BCUT2D eigenvalue weighted by atomic mass is 16.5. The van der Waals surface area contributed by atoms with Crippen molar-refractivity contribution in [1.29, 1.82) is 0 Å². The highest BCUT2D eigenvalue weighted by molar-refractivity contribution is 6.49. The third kappa shape index (κ3) is 3.42. The lowest BCUT2D eigenvalue weighted by molar-refractivity contribution is -0.137. The van der Waals surface area contributed by atoms with E-state index in [0.29, 0.717) is 23.3 Å². The molecule has 5 heteroatoms. The van der Waals surface area contributed by atoms with E-state index in [-0.39, 0.29) is 41.3 Å². The summed E-state index contributed by atoms with van der Waals surface area (Å²) in [5.41, 5.74) is 0.701. The summed E-state index contributed by atoms with van der Waals surface area (Å²) in [7, 11) is 0. The summed E-state index contributed by atoms with van der Waals surface area (Å²) < 4.78 is 6.28. The average Bonchev–Trinajstić information content (AvgIpc) is 3.07. The summed E-state index contributed by atoms with van der Waals surface area (Å²) in [5.74, 6) is -0.653. The molecule has 2 aromatic rings. The quantitative estimate of drug-likeness (QED) is 0.542. The first kappa shape index (κ1) is 19.9. The van der Waals surface area contributed by atoms with E-state index >= 15 is 0 Å². The maximum atomic E-state index is 12.5. The van der Waals surface area contributed by atoms with Gasteiger partial charge in [0.15, 0.2) is 0 Å². The molecule has 158 valence electrons. The van der Waals surface area contributed by atoms with Crippen LogP contribution in [-0.4, -0.2) is 29.2 Å². The van der Waals surface area contributed by atoms with E-state index in [0.717, 1.165) is 25.7 Å². The second kappa shape index (κ2) is 7.88. The van der Waals surface area contributed by atoms with E-state index in [1.807, 2.05) is 0 Å². The lowest BCUT2D eigenvalue weighted by atomic mass is 9.63. The molecule has 0 saturated heterocycles. The van der Waals surface area contributed by atoms with Crippen LogP contribution in [0.4, 0.5) is 0 Å². The zero-order chi connectivity index (χ0) is 21.5. The molecule has 0 heterocycles. The number of ether oxygens (including phenoxy) is 1. The van der Waals surface area contributed by atoms with Crippen molar-refractivity contribution in [3.63, 3.8) is 0 Å². The molecule has 0 spiro atoms. The Morgan fingerprint density at radius 3 is 2.00 bits per heavy atom. The Bertz CT molecular complexity index is 1020. The summed E-state index contributed by atoms with van der Waals surface area (Å²) >= 11 is 0. The van der Waals surface area contributed by atoms with Gasteiger partial charge in [-0.3, -0.25) is 19.2 Å². The van der Waals surface area contributed by atoms with Crippen LogP contribution in [0.1, 0.15) is 52.8 Å². The minimum Gasteiger partial charge on any atom is -0.490 e. The van der Waals surface area contributed by atoms with Crippen LogP contribution in [0.15, 0.2) is 54.6 Å². The van der Waals surface area contributed by atoms with E-state index in [1.165, 1.54) is 0 Å². The van der Waals surface area contributed by atoms with Gasteiger partial charge in [-0.2, -0.15) is 0 Å². The molecular formula is C26H24O5. The summed E-state index contributed by atoms with van der Waals surface area (Å²) in [5, 5.41) is 0. The third-order valence-electron chi connectivity index (χ3n) is 7.28. The molecule has 3 saturated carbocycles. The number of carbonyl (C=O) groups excluding carboxylic acids is 4. The first-order chi connectivity index (χ1) is 15.0. The van der Waals surface area contributed by atoms with E-state index in [9.17, 15) is 19.2 Å². The maximum absolute atomic E-state index is 12.5. The molecule has 0 amide bonds. The normalized spacial score (nSPS) is 29.4. The second-order valence-corrected chi connectivity index (χ2v) is 8.90. The van der Waals surface area contributed by atoms with Gasteiger partial charge in [-0.25, -0.2) is 0 Å². The summed E-state index contributed by atoms with van der Waals surface area (Å²) in [6.45, 7) is 0. The Morgan fingerprint density at radius 2 is 1.32 bits per heavy atom. The lowest BCUT2D eigenvalue weighted by Gasteiger charge is -2.43. The van der Waals surface area contributed by atoms with Gasteiger partial charge in [0.05, 0.1) is 0 Å². The highest BCUT2D eigenvalue weighted by Crippen LogP contribution is 2.52. The van der Waals surface area contributed by atoms with Crippen LogP contribution in [0.5, 0.6) is 5.75 Å². The van der Waals surface area contributed by atoms with Crippen molar-refractivity contribution in [2.24, 2.45) is 23.7 Å². The predicted molar refractivity (Wildman–Crippen MR) is 113 cm³/mol. The summed E-state index contributed by atoms with van der Waals surface area (Å²) in [6.07, 6.45) is 4.17. The number of rotatable bonds is 5. The zero-order valence-corrected chi connectivity index (χ0v) is 17.2. The average molecular weight is 416 g/mol. The van der Waals surface area contributed by atoms with Crippen molar-refractivity contribution in [3.05, 3.63) is 65.7 Å². The molecule has 5 unspecified atom stereocenters. The van der Waals surface area contributed by atoms with E-state index in [1.54, 1.807) is 54.6 Å². The largest absolute Gasteiger partial charge is 0.490 e. The Labute approximate surface area is 180 Å². The fourth-order valence-electron chi connectivity index (χ4n) is 5.85. The van der Waals surface area contributed by atoms with E-state index in [2.05, 4.69) is 0 Å². The van der Waals surface area contributed by atoms with Crippen LogP contribution < -0.4 is 4.74 Å². The first-order valence-electron chi connectivity index (χ1n) is 11.0. The van der Waals surface area contributed by atoms with Gasteiger partial charge in [0.25, 0.3) is 0 Å². The summed E-state index contributed by atoms with van der Waals surface area (Å²) in [6, 6.07) is 15.2. The van der Waals surface area contributed by atoms with Gasteiger partial charge >= 0.3 is 0 Å². The molecule has 3 fully saturated rings. The van der Waals surface area contributed by atoms with Crippen molar-refractivity contribution in [3.8, 4) is 5.75 Å². The van der Waals surface area contributed by atoms with Crippen molar-refractivity contribution in [1.82, 2.24) is 0 Å². The Morgan fingerprint density at radius 1 is 0.710 bits per heavy atom. The van der Waals surface area contributed by atoms with Crippen LogP contribution in [-0.2, 0) is 9.59 Å². The standard InChI is InChI=1S/C26H24O5/c27-23(15-5-2-1-3-6-15)24(28)16-9-11-17(12-10-16)31-21-14-13-20-22-18(21)7-4-8-19(22)25(29)26(20)30/h1-3,5-6,9-12,18-22H,4,7-8,13-14H2. The molecule has 0 bridgehead atoms. The molecule has 3 aliphatic carbocycles. The molecule has 0 radical (unpaired) electrons. The van der Waals surface area contributed by atoms with E-state index in [4.69, 9.17) is 4.74 Å². The Kier molecular flexibility index (Phi) is 5.05. The van der Waals surface area contributed by atoms with Crippen molar-refractivity contribution < 1.29 is 23.9 Å². The van der Waals surface area contributed by atoms with Gasteiger partial charge in [0, 0.05) is 28.9 Å². The highest BCUT2D eigenvalue weighted by Gasteiger charge is 2.57. The molecule has 5 rings (SSSR count). The number of ketones is 4. The van der Waals surface area contributed by atoms with Gasteiger partial charge in [0.1, 0.15) is 11.9 Å². The van der Waals surface area contributed by atoms with Crippen LogP contribution >= 0.6 is 0 Å². The number of hydrogen-bond donors (Lipinski definition) is 0. The van der Waals surface area contributed by atoms with Gasteiger partial charge in [0.2, 0.25) is 23.1 Å². The first-order valence-corrected chi connectivity index (χ1v) is 11.0. The fraction of sp³-hybridized carbons (Fsp3) is 0.385. The predicted octanol–water partition coefficient (Wildman–Crippen LogP) is 4.09. The number of carbonyl (C=O) groups is 4.